The minimum absolute atomic E-state index is 0.0406. The molecule has 0 atom stereocenters. The predicted molar refractivity (Wildman–Crippen MR) is 136 cm³/mol. The highest BCUT2D eigenvalue weighted by molar-refractivity contribution is 7.90. The van der Waals surface area contributed by atoms with Crippen LogP contribution in [0.5, 0.6) is 17.2 Å². The topological polar surface area (TPSA) is 101 Å². The minimum Gasteiger partial charge on any atom is -0.495 e. The van der Waals surface area contributed by atoms with Crippen molar-refractivity contribution < 1.29 is 27.4 Å². The van der Waals surface area contributed by atoms with Gasteiger partial charge < -0.3 is 24.4 Å². The van der Waals surface area contributed by atoms with Crippen molar-refractivity contribution in [2.24, 2.45) is 0 Å². The molecule has 2 aromatic carbocycles. The molecule has 0 bridgehead atoms. The number of rotatable bonds is 7. The lowest BCUT2D eigenvalue weighted by Gasteiger charge is -2.36. The molecule has 2 amide bonds. The van der Waals surface area contributed by atoms with Crippen LogP contribution in [0.4, 0.5) is 16.2 Å². The third kappa shape index (κ3) is 4.90. The van der Waals surface area contributed by atoms with E-state index in [1.807, 2.05) is 18.2 Å². The van der Waals surface area contributed by atoms with Crippen molar-refractivity contribution in [2.45, 2.75) is 24.2 Å². The van der Waals surface area contributed by atoms with Gasteiger partial charge >= 0.3 is 6.03 Å². The van der Waals surface area contributed by atoms with E-state index in [9.17, 15) is 13.2 Å². The summed E-state index contributed by atoms with van der Waals surface area (Å²) in [4.78, 5) is 17.4. The summed E-state index contributed by atoms with van der Waals surface area (Å²) in [5.74, 6) is 1.71. The van der Waals surface area contributed by atoms with Gasteiger partial charge in [-0.25, -0.2) is 17.5 Å². The first-order valence-electron chi connectivity index (χ1n) is 12.3. The number of methoxy groups -OCH3 is 1. The van der Waals surface area contributed by atoms with Crippen LogP contribution in [-0.2, 0) is 10.0 Å². The highest BCUT2D eigenvalue weighted by atomic mass is 32.2. The number of hydrogen-bond acceptors (Lipinski definition) is 8. The Kier molecular flexibility index (Phi) is 7.10. The molecule has 194 valence electrons. The van der Waals surface area contributed by atoms with Crippen LogP contribution >= 0.6 is 0 Å². The number of hydrogen-bond donors (Lipinski definition) is 1. The number of nitrogens with zero attached hydrogens (tertiary/aromatic N) is 3. The normalized spacial score (nSPS) is 19.3. The van der Waals surface area contributed by atoms with Gasteiger partial charge in [0.15, 0.2) is 11.5 Å². The van der Waals surface area contributed by atoms with E-state index in [1.165, 1.54) is 12.1 Å². The second kappa shape index (κ2) is 10.4. The van der Waals surface area contributed by atoms with E-state index in [0.717, 1.165) is 54.9 Å². The van der Waals surface area contributed by atoms with Gasteiger partial charge in [0, 0.05) is 51.3 Å². The van der Waals surface area contributed by atoms with Gasteiger partial charge in [-0.3, -0.25) is 4.90 Å². The van der Waals surface area contributed by atoms with E-state index < -0.39 is 16.1 Å². The summed E-state index contributed by atoms with van der Waals surface area (Å²) in [6, 6.07) is 10.4. The Morgan fingerprint density at radius 1 is 0.972 bits per heavy atom. The number of amides is 2. The highest BCUT2D eigenvalue weighted by Gasteiger charge is 2.37. The molecule has 0 aliphatic carbocycles. The van der Waals surface area contributed by atoms with Crippen LogP contribution in [0.2, 0.25) is 0 Å². The molecule has 1 N–H and O–H groups in total. The lowest BCUT2D eigenvalue weighted by Crippen LogP contribution is -2.47. The van der Waals surface area contributed by atoms with E-state index in [-0.39, 0.29) is 17.1 Å². The summed E-state index contributed by atoms with van der Waals surface area (Å²) < 4.78 is 44.2. The predicted octanol–water partition coefficient (Wildman–Crippen LogP) is 3.00. The number of anilines is 2. The average molecular weight is 517 g/mol. The molecule has 10 nitrogen and oxygen atoms in total. The van der Waals surface area contributed by atoms with Crippen LogP contribution in [0.1, 0.15) is 19.3 Å². The molecule has 3 aliphatic heterocycles. The first kappa shape index (κ1) is 24.5. The molecule has 0 unspecified atom stereocenters. The number of para-hydroxylation sites is 2. The summed E-state index contributed by atoms with van der Waals surface area (Å²) in [6.45, 7) is 5.55. The molecule has 3 heterocycles. The molecule has 0 aromatic heterocycles. The zero-order valence-corrected chi connectivity index (χ0v) is 21.3. The molecule has 5 rings (SSSR count). The molecule has 2 aromatic rings. The second-order valence-electron chi connectivity index (χ2n) is 9.06. The Morgan fingerprint density at radius 2 is 1.67 bits per heavy atom. The number of urea groups is 1. The lowest BCUT2D eigenvalue weighted by atomic mass is 10.2. The molecule has 1 fully saturated rings. The third-order valence-electron chi connectivity index (χ3n) is 6.77. The SMILES string of the molecule is COc1ccccc1N1CCN(CCCCN2C(=O)Nc3cc4c(cc3S2(=O)=O)OCCCO4)CC1. The van der Waals surface area contributed by atoms with Crippen molar-refractivity contribution in [3.05, 3.63) is 36.4 Å². The maximum Gasteiger partial charge on any atom is 0.335 e. The smallest absolute Gasteiger partial charge is 0.335 e. The van der Waals surface area contributed by atoms with Crippen molar-refractivity contribution >= 4 is 27.4 Å². The van der Waals surface area contributed by atoms with Gasteiger partial charge in [-0.15, -0.1) is 0 Å². The zero-order valence-electron chi connectivity index (χ0n) is 20.4. The number of benzene rings is 2. The largest absolute Gasteiger partial charge is 0.495 e. The van der Waals surface area contributed by atoms with Crippen molar-refractivity contribution in [1.29, 1.82) is 0 Å². The fraction of sp³-hybridized carbons (Fsp3) is 0.480. The number of ether oxygens (including phenoxy) is 3. The highest BCUT2D eigenvalue weighted by Crippen LogP contribution is 2.40. The van der Waals surface area contributed by atoms with Crippen molar-refractivity contribution in [1.82, 2.24) is 9.21 Å². The van der Waals surface area contributed by atoms with Crippen LogP contribution in [0, 0.1) is 0 Å². The molecule has 0 spiro atoms. The molecule has 36 heavy (non-hydrogen) atoms. The molecular formula is C25H32N4O6S. The van der Waals surface area contributed by atoms with Gasteiger partial charge in [0.2, 0.25) is 0 Å². The van der Waals surface area contributed by atoms with Crippen molar-refractivity contribution in [3.8, 4) is 17.2 Å². The Bertz CT molecular complexity index is 1210. The minimum atomic E-state index is -3.97. The first-order chi connectivity index (χ1) is 17.5. The van der Waals surface area contributed by atoms with Gasteiger partial charge in [0.05, 0.1) is 31.7 Å². The summed E-state index contributed by atoms with van der Waals surface area (Å²) >= 11 is 0. The standard InChI is InChI=1S/C25H32N4O6S/c1-33-21-8-3-2-7-20(21)28-13-11-27(12-14-28)9-4-5-10-29-25(30)26-19-17-22-23(35-16-6-15-34-22)18-24(19)36(29,31)32/h2-3,7-8,17-18H,4-6,9-16H2,1H3,(H,26,30). The maximum atomic E-state index is 13.2. The summed E-state index contributed by atoms with van der Waals surface area (Å²) in [7, 11) is -2.29. The number of sulfonamides is 1. The number of fused-ring (bicyclic) bond motifs is 2. The van der Waals surface area contributed by atoms with Crippen molar-refractivity contribution in [3.63, 3.8) is 0 Å². The van der Waals surface area contributed by atoms with Crippen molar-refractivity contribution in [2.75, 3.05) is 69.8 Å². The molecule has 0 saturated carbocycles. The van der Waals surface area contributed by atoms with E-state index in [1.54, 1.807) is 7.11 Å². The van der Waals surface area contributed by atoms with Gasteiger partial charge in [-0.05, 0) is 31.5 Å². The molecule has 0 radical (unpaired) electrons. The Hall–Kier alpha value is -3.18. The zero-order chi connectivity index (χ0) is 25.1. The molecule has 11 heteroatoms. The third-order valence-corrected chi connectivity index (χ3v) is 8.59. The van der Waals surface area contributed by atoms with E-state index in [0.29, 0.717) is 37.6 Å². The van der Waals surface area contributed by atoms with Crippen LogP contribution in [0.3, 0.4) is 0 Å². The van der Waals surface area contributed by atoms with Gasteiger partial charge in [0.1, 0.15) is 10.6 Å². The second-order valence-corrected chi connectivity index (χ2v) is 10.9. The van der Waals surface area contributed by atoms with Crippen LogP contribution in [0.15, 0.2) is 41.3 Å². The summed E-state index contributed by atoms with van der Waals surface area (Å²) in [6.07, 6.45) is 2.08. The number of carbonyl (C=O) groups excluding carboxylic acids is 1. The number of nitrogens with one attached hydrogen (secondary N) is 1. The van der Waals surface area contributed by atoms with Crippen LogP contribution in [0.25, 0.3) is 0 Å². The van der Waals surface area contributed by atoms with E-state index >= 15 is 0 Å². The first-order valence-corrected chi connectivity index (χ1v) is 13.8. The average Bonchev–Trinajstić information content (AvgIpc) is 3.12. The van der Waals surface area contributed by atoms with E-state index in [2.05, 4.69) is 21.2 Å². The fourth-order valence-electron chi connectivity index (χ4n) is 4.82. The Morgan fingerprint density at radius 3 is 2.42 bits per heavy atom. The molecular weight excluding hydrogens is 484 g/mol. The van der Waals surface area contributed by atoms with Gasteiger partial charge in [-0.2, -0.15) is 0 Å². The Balaban J connectivity index is 1.14. The van der Waals surface area contributed by atoms with Crippen LogP contribution in [-0.4, -0.2) is 83.2 Å². The van der Waals surface area contributed by atoms with Gasteiger partial charge in [-0.1, -0.05) is 12.1 Å². The number of unbranched alkanes of at least 4 members (excludes halogenated alkanes) is 1. The number of carbonyl (C=O) groups is 1. The van der Waals surface area contributed by atoms with Crippen LogP contribution < -0.4 is 24.4 Å². The fourth-order valence-corrected chi connectivity index (χ4v) is 6.34. The molecule has 3 aliphatic rings. The molecule has 1 saturated heterocycles. The summed E-state index contributed by atoms with van der Waals surface area (Å²) in [5.41, 5.74) is 1.34. The maximum absolute atomic E-state index is 13.2. The lowest BCUT2D eigenvalue weighted by molar-refractivity contribution is 0.230. The van der Waals surface area contributed by atoms with Gasteiger partial charge in [0.25, 0.3) is 10.0 Å². The quantitative estimate of drug-likeness (QED) is 0.561. The monoisotopic (exact) mass is 516 g/mol. The summed E-state index contributed by atoms with van der Waals surface area (Å²) in [5, 5.41) is 2.70. The Labute approximate surface area is 211 Å². The van der Waals surface area contributed by atoms with E-state index in [4.69, 9.17) is 14.2 Å². The number of piperazine rings is 1.